The van der Waals surface area contributed by atoms with Crippen LogP contribution in [-0.4, -0.2) is 60.1 Å². The number of hydrogen-bond donors (Lipinski definition) is 0. The number of hydrogen-bond acceptors (Lipinski definition) is 7. The number of likely N-dealkylation sites (tertiary alicyclic amines) is 1. The van der Waals surface area contributed by atoms with Crippen molar-refractivity contribution in [2.75, 3.05) is 26.3 Å². The third kappa shape index (κ3) is 6.69. The summed E-state index contributed by atoms with van der Waals surface area (Å²) in [6.07, 6.45) is 3.28. The highest BCUT2D eigenvalue weighted by Gasteiger charge is 2.27. The van der Waals surface area contributed by atoms with Crippen LogP contribution in [0.1, 0.15) is 58.2 Å². The minimum atomic E-state index is -0.476. The van der Waals surface area contributed by atoms with Crippen molar-refractivity contribution in [3.63, 3.8) is 0 Å². The number of rotatable bonds is 8. The second-order valence-electron chi connectivity index (χ2n) is 9.05. The van der Waals surface area contributed by atoms with Gasteiger partial charge >= 0.3 is 12.1 Å². The third-order valence-corrected chi connectivity index (χ3v) is 5.31. The smallest absolute Gasteiger partial charge is 0.410 e. The quantitative estimate of drug-likeness (QED) is 0.441. The summed E-state index contributed by atoms with van der Waals surface area (Å²) in [6.45, 7) is 9.70. The molecule has 8 heteroatoms. The van der Waals surface area contributed by atoms with Crippen LogP contribution in [0.25, 0.3) is 11.0 Å². The molecule has 0 aliphatic carbocycles. The SMILES string of the molecule is CCOC(=O)Cc1noc2c(CCCOC3CCN(C(=O)OC(C)(C)C)CC3)cccc12. The van der Waals surface area contributed by atoms with Gasteiger partial charge in [0.15, 0.2) is 5.58 Å². The van der Waals surface area contributed by atoms with Crippen LogP contribution in [0.3, 0.4) is 0 Å². The Morgan fingerprint density at radius 3 is 2.66 bits per heavy atom. The molecular weight excluding hydrogens is 412 g/mol. The Morgan fingerprint density at radius 2 is 1.97 bits per heavy atom. The summed E-state index contributed by atoms with van der Waals surface area (Å²) in [7, 11) is 0. The van der Waals surface area contributed by atoms with E-state index in [2.05, 4.69) is 5.16 Å². The summed E-state index contributed by atoms with van der Waals surface area (Å²) >= 11 is 0. The number of para-hydroxylation sites is 1. The van der Waals surface area contributed by atoms with Crippen molar-refractivity contribution in [3.05, 3.63) is 29.5 Å². The van der Waals surface area contributed by atoms with Gasteiger partial charge in [-0.1, -0.05) is 17.3 Å². The van der Waals surface area contributed by atoms with E-state index in [9.17, 15) is 9.59 Å². The Balaban J connectivity index is 1.43. The minimum absolute atomic E-state index is 0.107. The topological polar surface area (TPSA) is 91.1 Å². The zero-order valence-corrected chi connectivity index (χ0v) is 19.5. The average Bonchev–Trinajstić information content (AvgIpc) is 3.14. The number of benzene rings is 1. The summed E-state index contributed by atoms with van der Waals surface area (Å²) < 4.78 is 22.0. The first-order valence-electron chi connectivity index (χ1n) is 11.4. The van der Waals surface area contributed by atoms with E-state index in [1.807, 2.05) is 39.0 Å². The van der Waals surface area contributed by atoms with Crippen LogP contribution < -0.4 is 0 Å². The number of amides is 1. The van der Waals surface area contributed by atoms with Crippen LogP contribution in [0.2, 0.25) is 0 Å². The number of aromatic nitrogens is 1. The van der Waals surface area contributed by atoms with Crippen molar-refractivity contribution >= 4 is 23.0 Å². The van der Waals surface area contributed by atoms with Gasteiger partial charge in [0.25, 0.3) is 0 Å². The van der Waals surface area contributed by atoms with Crippen molar-refractivity contribution in [3.8, 4) is 0 Å². The summed E-state index contributed by atoms with van der Waals surface area (Å²) in [6, 6.07) is 5.89. The van der Waals surface area contributed by atoms with Gasteiger partial charge < -0.3 is 23.6 Å². The monoisotopic (exact) mass is 446 g/mol. The normalized spacial score (nSPS) is 15.2. The van der Waals surface area contributed by atoms with Crippen molar-refractivity contribution in [1.82, 2.24) is 10.1 Å². The molecule has 3 rings (SSSR count). The van der Waals surface area contributed by atoms with E-state index >= 15 is 0 Å². The molecule has 0 atom stereocenters. The molecule has 1 saturated heterocycles. The fraction of sp³-hybridized carbons (Fsp3) is 0.625. The van der Waals surface area contributed by atoms with E-state index < -0.39 is 5.60 Å². The molecule has 0 N–H and O–H groups in total. The molecule has 1 aliphatic heterocycles. The van der Waals surface area contributed by atoms with Gasteiger partial charge in [0.2, 0.25) is 0 Å². The first-order valence-corrected chi connectivity index (χ1v) is 11.4. The highest BCUT2D eigenvalue weighted by atomic mass is 16.6. The average molecular weight is 447 g/mol. The number of nitrogens with zero attached hydrogens (tertiary/aromatic N) is 2. The van der Waals surface area contributed by atoms with Gasteiger partial charge in [-0.2, -0.15) is 0 Å². The van der Waals surface area contributed by atoms with Gasteiger partial charge in [0.05, 0.1) is 19.1 Å². The second kappa shape index (κ2) is 10.8. The standard InChI is InChI=1S/C24H34N2O6/c1-5-29-21(27)16-20-19-10-6-8-17(22(19)32-25-20)9-7-15-30-18-11-13-26(14-12-18)23(28)31-24(2,3)4/h6,8,10,18H,5,7,9,11-16H2,1-4H3. The van der Waals surface area contributed by atoms with Gasteiger partial charge in [0.1, 0.15) is 11.3 Å². The molecule has 1 amide bonds. The first kappa shape index (κ1) is 24.0. The van der Waals surface area contributed by atoms with Crippen molar-refractivity contribution in [2.45, 2.75) is 71.5 Å². The van der Waals surface area contributed by atoms with Gasteiger partial charge in [-0.15, -0.1) is 0 Å². The van der Waals surface area contributed by atoms with Crippen LogP contribution in [0.15, 0.2) is 22.7 Å². The Kier molecular flexibility index (Phi) is 8.12. The highest BCUT2D eigenvalue weighted by molar-refractivity contribution is 5.86. The molecule has 0 spiro atoms. The Labute approximate surface area is 189 Å². The molecule has 32 heavy (non-hydrogen) atoms. The molecule has 2 heterocycles. The van der Waals surface area contributed by atoms with Crippen LogP contribution in [0.5, 0.6) is 0 Å². The molecular formula is C24H34N2O6. The summed E-state index contributed by atoms with van der Waals surface area (Å²) in [4.78, 5) is 25.7. The van der Waals surface area contributed by atoms with Crippen LogP contribution >= 0.6 is 0 Å². The second-order valence-corrected chi connectivity index (χ2v) is 9.05. The maximum absolute atomic E-state index is 12.2. The Bertz CT molecular complexity index is 909. The fourth-order valence-corrected chi connectivity index (χ4v) is 3.79. The lowest BCUT2D eigenvalue weighted by atomic mass is 10.0. The van der Waals surface area contributed by atoms with E-state index in [1.54, 1.807) is 11.8 Å². The third-order valence-electron chi connectivity index (χ3n) is 5.31. The van der Waals surface area contributed by atoms with Gasteiger partial charge in [0, 0.05) is 25.1 Å². The number of ether oxygens (including phenoxy) is 3. The minimum Gasteiger partial charge on any atom is -0.466 e. The maximum Gasteiger partial charge on any atom is 0.410 e. The van der Waals surface area contributed by atoms with Crippen molar-refractivity contribution in [1.29, 1.82) is 0 Å². The molecule has 2 aromatic rings. The van der Waals surface area contributed by atoms with Crippen molar-refractivity contribution < 1.29 is 28.3 Å². The zero-order chi connectivity index (χ0) is 23.1. The number of esters is 1. The maximum atomic E-state index is 12.2. The fourth-order valence-electron chi connectivity index (χ4n) is 3.79. The summed E-state index contributed by atoms with van der Waals surface area (Å²) in [5.74, 6) is -0.306. The molecule has 1 aromatic heterocycles. The van der Waals surface area contributed by atoms with E-state index in [0.29, 0.717) is 32.0 Å². The lowest BCUT2D eigenvalue weighted by Crippen LogP contribution is -2.43. The Morgan fingerprint density at radius 1 is 1.22 bits per heavy atom. The lowest BCUT2D eigenvalue weighted by molar-refractivity contribution is -0.142. The number of carbonyl (C=O) groups excluding carboxylic acids is 2. The number of carbonyl (C=O) groups is 2. The molecule has 0 saturated carbocycles. The molecule has 1 aliphatic rings. The van der Waals surface area contributed by atoms with E-state index in [0.717, 1.165) is 42.2 Å². The molecule has 0 bridgehead atoms. The van der Waals surface area contributed by atoms with Gasteiger partial charge in [-0.3, -0.25) is 4.79 Å². The van der Waals surface area contributed by atoms with Gasteiger partial charge in [-0.05, 0) is 65.0 Å². The molecule has 1 aromatic carbocycles. The number of aryl methyl sites for hydroxylation is 1. The summed E-state index contributed by atoms with van der Waals surface area (Å²) in [5.41, 5.74) is 1.90. The zero-order valence-electron chi connectivity index (χ0n) is 19.5. The van der Waals surface area contributed by atoms with Crippen LogP contribution in [0.4, 0.5) is 4.79 Å². The molecule has 0 unspecified atom stereocenters. The highest BCUT2D eigenvalue weighted by Crippen LogP contribution is 2.24. The molecule has 0 radical (unpaired) electrons. The largest absolute Gasteiger partial charge is 0.466 e. The van der Waals surface area contributed by atoms with Crippen LogP contribution in [0, 0.1) is 0 Å². The lowest BCUT2D eigenvalue weighted by Gasteiger charge is -2.33. The predicted octanol–water partition coefficient (Wildman–Crippen LogP) is 4.28. The first-order chi connectivity index (χ1) is 15.3. The predicted molar refractivity (Wildman–Crippen MR) is 119 cm³/mol. The molecule has 176 valence electrons. The molecule has 8 nitrogen and oxygen atoms in total. The van der Waals surface area contributed by atoms with Crippen molar-refractivity contribution in [2.24, 2.45) is 0 Å². The van der Waals surface area contributed by atoms with Gasteiger partial charge in [-0.25, -0.2) is 4.79 Å². The molecule has 1 fully saturated rings. The van der Waals surface area contributed by atoms with E-state index in [4.69, 9.17) is 18.7 Å². The summed E-state index contributed by atoms with van der Waals surface area (Å²) in [5, 5.41) is 4.93. The van der Waals surface area contributed by atoms with E-state index in [-0.39, 0.29) is 24.6 Å². The number of piperidine rings is 1. The number of fused-ring (bicyclic) bond motifs is 1. The van der Waals surface area contributed by atoms with E-state index in [1.165, 1.54) is 0 Å². The Hall–Kier alpha value is -2.61. The van der Waals surface area contributed by atoms with Crippen LogP contribution in [-0.2, 0) is 31.8 Å².